The number of amides is 6. The van der Waals surface area contributed by atoms with E-state index in [1.807, 2.05) is 0 Å². The van der Waals surface area contributed by atoms with Crippen molar-refractivity contribution < 1.29 is 33.2 Å². The molecule has 0 spiro atoms. The topological polar surface area (TPSA) is 202 Å². The molecule has 1 saturated carbocycles. The zero-order valence-electron chi connectivity index (χ0n) is 24.5. The Labute approximate surface area is 255 Å². The molecule has 3 rings (SSSR count). The van der Waals surface area contributed by atoms with Crippen LogP contribution in [0.5, 0.6) is 0 Å². The zero-order chi connectivity index (χ0) is 31.9. The SMILES string of the molecule is C=CC(=O)NCC[C@H](NC(=O)Cc1ccccc1CNC(=O)[C@H](Cc1ccco1)NC(=O)C1CCC(NC=O)CC1)C(N)=O. The van der Waals surface area contributed by atoms with Gasteiger partial charge in [0, 0.05) is 31.5 Å². The molecule has 0 radical (unpaired) electrons. The van der Waals surface area contributed by atoms with Gasteiger partial charge in [0.25, 0.3) is 0 Å². The summed E-state index contributed by atoms with van der Waals surface area (Å²) in [6.07, 6.45) is 6.01. The number of hydrogen-bond donors (Lipinski definition) is 6. The first-order valence-corrected chi connectivity index (χ1v) is 14.6. The molecule has 0 aliphatic heterocycles. The highest BCUT2D eigenvalue weighted by molar-refractivity contribution is 5.89. The largest absolute Gasteiger partial charge is 0.469 e. The van der Waals surface area contributed by atoms with Gasteiger partial charge in [-0.25, -0.2) is 0 Å². The van der Waals surface area contributed by atoms with E-state index in [1.54, 1.807) is 36.4 Å². The average Bonchev–Trinajstić information content (AvgIpc) is 3.53. The van der Waals surface area contributed by atoms with Crippen molar-refractivity contribution in [1.82, 2.24) is 26.6 Å². The number of benzene rings is 1. The van der Waals surface area contributed by atoms with E-state index in [4.69, 9.17) is 10.2 Å². The van der Waals surface area contributed by atoms with Crippen molar-refractivity contribution in [1.29, 1.82) is 0 Å². The number of nitrogens with two attached hydrogens (primary N) is 1. The third kappa shape index (κ3) is 10.7. The molecule has 1 heterocycles. The number of rotatable bonds is 17. The Morgan fingerprint density at radius 3 is 2.32 bits per heavy atom. The summed E-state index contributed by atoms with van der Waals surface area (Å²) >= 11 is 0. The average molecular weight is 609 g/mol. The van der Waals surface area contributed by atoms with Gasteiger partial charge in [-0.3, -0.25) is 28.8 Å². The molecule has 13 nitrogen and oxygen atoms in total. The van der Waals surface area contributed by atoms with Gasteiger partial charge in [-0.05, 0) is 61.4 Å². The molecular formula is C31H40N6O7. The van der Waals surface area contributed by atoms with Gasteiger partial charge in [0.15, 0.2) is 0 Å². The lowest BCUT2D eigenvalue weighted by molar-refractivity contribution is -0.132. The number of hydrogen-bond acceptors (Lipinski definition) is 7. The van der Waals surface area contributed by atoms with Crippen molar-refractivity contribution in [2.24, 2.45) is 11.7 Å². The minimum atomic E-state index is -0.984. The lowest BCUT2D eigenvalue weighted by Crippen LogP contribution is -2.50. The van der Waals surface area contributed by atoms with E-state index in [-0.39, 0.29) is 50.2 Å². The van der Waals surface area contributed by atoms with Crippen LogP contribution < -0.4 is 32.3 Å². The van der Waals surface area contributed by atoms with Gasteiger partial charge in [0.05, 0.1) is 12.7 Å². The van der Waals surface area contributed by atoms with E-state index in [9.17, 15) is 28.8 Å². The number of carbonyl (C=O) groups is 6. The van der Waals surface area contributed by atoms with Crippen molar-refractivity contribution in [3.63, 3.8) is 0 Å². The third-order valence-corrected chi connectivity index (χ3v) is 7.54. The van der Waals surface area contributed by atoms with Crippen LogP contribution in [0.2, 0.25) is 0 Å². The van der Waals surface area contributed by atoms with E-state index in [2.05, 4.69) is 33.2 Å². The van der Waals surface area contributed by atoms with Crippen molar-refractivity contribution in [3.8, 4) is 0 Å². The molecule has 0 saturated heterocycles. The quantitative estimate of drug-likeness (QED) is 0.108. The summed E-state index contributed by atoms with van der Waals surface area (Å²) in [5, 5.41) is 13.6. The van der Waals surface area contributed by atoms with Crippen LogP contribution in [0.15, 0.2) is 59.7 Å². The monoisotopic (exact) mass is 608 g/mol. The highest BCUT2D eigenvalue weighted by atomic mass is 16.3. The minimum Gasteiger partial charge on any atom is -0.469 e. The number of primary amides is 1. The van der Waals surface area contributed by atoms with E-state index in [1.165, 1.54) is 6.26 Å². The summed E-state index contributed by atoms with van der Waals surface area (Å²) in [7, 11) is 0. The molecule has 2 aromatic rings. The summed E-state index contributed by atoms with van der Waals surface area (Å²) in [5.41, 5.74) is 6.73. The second-order valence-corrected chi connectivity index (χ2v) is 10.6. The second-order valence-electron chi connectivity index (χ2n) is 10.6. The van der Waals surface area contributed by atoms with Crippen LogP contribution >= 0.6 is 0 Å². The zero-order valence-corrected chi connectivity index (χ0v) is 24.5. The van der Waals surface area contributed by atoms with Gasteiger partial charge >= 0.3 is 0 Å². The molecule has 236 valence electrons. The Morgan fingerprint density at radius 2 is 1.68 bits per heavy atom. The molecule has 1 aliphatic rings. The molecule has 2 atom stereocenters. The van der Waals surface area contributed by atoms with Gasteiger partial charge in [-0.2, -0.15) is 0 Å². The van der Waals surface area contributed by atoms with Crippen LogP contribution in [0, 0.1) is 5.92 Å². The lowest BCUT2D eigenvalue weighted by Gasteiger charge is -2.28. The molecule has 1 aromatic heterocycles. The lowest BCUT2D eigenvalue weighted by atomic mass is 9.85. The fourth-order valence-corrected chi connectivity index (χ4v) is 5.07. The Hall–Kier alpha value is -4.94. The van der Waals surface area contributed by atoms with Crippen molar-refractivity contribution in [2.75, 3.05) is 6.54 Å². The van der Waals surface area contributed by atoms with Crippen molar-refractivity contribution in [2.45, 2.75) is 69.6 Å². The van der Waals surface area contributed by atoms with Crippen LogP contribution in [0.4, 0.5) is 0 Å². The van der Waals surface area contributed by atoms with E-state index in [0.717, 1.165) is 6.08 Å². The third-order valence-electron chi connectivity index (χ3n) is 7.54. The summed E-state index contributed by atoms with van der Waals surface area (Å²) in [4.78, 5) is 73.2. The standard InChI is InChI=1S/C31H40N6O7/c1-2-27(39)33-14-13-25(29(32)41)36-28(40)16-21-6-3-4-7-22(21)18-34-31(43)26(17-24-8-5-15-44-24)37-30(42)20-9-11-23(12-10-20)35-19-38/h2-8,15,19-20,23,25-26H,1,9-14,16-18H2,(H2,32,41)(H,33,39)(H,34,43)(H,35,38)(H,36,40)(H,37,42)/t20?,23?,25-,26-/m0/s1. The summed E-state index contributed by atoms with van der Waals surface area (Å²) in [6.45, 7) is 3.56. The Morgan fingerprint density at radius 1 is 0.955 bits per heavy atom. The van der Waals surface area contributed by atoms with Crippen molar-refractivity contribution in [3.05, 3.63) is 72.2 Å². The predicted molar refractivity (Wildman–Crippen MR) is 160 cm³/mol. The summed E-state index contributed by atoms with van der Waals surface area (Å²) in [5.74, 6) is -1.97. The molecular weight excluding hydrogens is 568 g/mol. The fourth-order valence-electron chi connectivity index (χ4n) is 5.07. The van der Waals surface area contributed by atoms with Crippen LogP contribution in [0.1, 0.15) is 49.0 Å². The normalized spacial score (nSPS) is 17.3. The molecule has 1 fully saturated rings. The fraction of sp³-hybridized carbons (Fsp3) is 0.419. The van der Waals surface area contributed by atoms with Crippen molar-refractivity contribution >= 4 is 35.9 Å². The molecule has 0 bridgehead atoms. The molecule has 0 unspecified atom stereocenters. The summed E-state index contributed by atoms with van der Waals surface area (Å²) in [6, 6.07) is 8.63. The van der Waals surface area contributed by atoms with Gasteiger partial charge < -0.3 is 36.7 Å². The van der Waals surface area contributed by atoms with Crippen LogP contribution in [-0.4, -0.2) is 60.6 Å². The van der Waals surface area contributed by atoms with Gasteiger partial charge in [0.1, 0.15) is 17.8 Å². The van der Waals surface area contributed by atoms with Crippen LogP contribution in [-0.2, 0) is 48.2 Å². The van der Waals surface area contributed by atoms with E-state index in [0.29, 0.717) is 49.0 Å². The maximum absolute atomic E-state index is 13.3. The smallest absolute Gasteiger partial charge is 0.243 e. The van der Waals surface area contributed by atoms with Gasteiger partial charge in [0.2, 0.25) is 35.9 Å². The van der Waals surface area contributed by atoms with Gasteiger partial charge in [-0.1, -0.05) is 30.8 Å². The highest BCUT2D eigenvalue weighted by Crippen LogP contribution is 2.24. The Kier molecular flexibility index (Phi) is 13.2. The van der Waals surface area contributed by atoms with E-state index < -0.39 is 35.7 Å². The summed E-state index contributed by atoms with van der Waals surface area (Å²) < 4.78 is 5.42. The first-order chi connectivity index (χ1) is 21.2. The Balaban J connectivity index is 1.60. The predicted octanol–water partition coefficient (Wildman–Crippen LogP) is 0.133. The Bertz CT molecular complexity index is 1300. The first kappa shape index (κ1) is 33.6. The highest BCUT2D eigenvalue weighted by Gasteiger charge is 2.30. The van der Waals surface area contributed by atoms with Crippen LogP contribution in [0.3, 0.4) is 0 Å². The number of carbonyl (C=O) groups excluding carboxylic acids is 6. The van der Waals surface area contributed by atoms with E-state index >= 15 is 0 Å². The minimum absolute atomic E-state index is 0.0487. The molecule has 6 amide bonds. The first-order valence-electron chi connectivity index (χ1n) is 14.6. The molecule has 1 aliphatic carbocycles. The molecule has 1 aromatic carbocycles. The van der Waals surface area contributed by atoms with Crippen LogP contribution in [0.25, 0.3) is 0 Å². The maximum Gasteiger partial charge on any atom is 0.243 e. The maximum atomic E-state index is 13.3. The molecule has 44 heavy (non-hydrogen) atoms. The number of nitrogens with one attached hydrogen (secondary N) is 5. The molecule has 7 N–H and O–H groups in total. The second kappa shape index (κ2) is 17.2. The number of furan rings is 1. The molecule has 13 heteroatoms. The van der Waals surface area contributed by atoms with Gasteiger partial charge in [-0.15, -0.1) is 0 Å².